The monoisotopic (exact) mass is 332 g/mol. The highest BCUT2D eigenvalue weighted by molar-refractivity contribution is 6.10. The van der Waals surface area contributed by atoms with Crippen LogP contribution in [0.5, 0.6) is 0 Å². The minimum absolute atomic E-state index is 0.0221. The molecule has 9 heteroatoms. The van der Waals surface area contributed by atoms with Crippen molar-refractivity contribution in [2.45, 2.75) is 26.1 Å². The molecule has 0 spiro atoms. The van der Waals surface area contributed by atoms with Crippen LogP contribution in [0, 0.1) is 0 Å². The van der Waals surface area contributed by atoms with Crippen LogP contribution in [0.15, 0.2) is 24.3 Å². The van der Waals surface area contributed by atoms with Crippen molar-refractivity contribution in [1.82, 2.24) is 5.32 Å². The summed E-state index contributed by atoms with van der Waals surface area (Å²) in [7, 11) is 0. The number of benzene rings is 1. The molecule has 6 nitrogen and oxygen atoms in total. The second-order valence-corrected chi connectivity index (χ2v) is 4.45. The molecule has 0 radical (unpaired) electrons. The van der Waals surface area contributed by atoms with Crippen molar-refractivity contribution in [3.63, 3.8) is 0 Å². The fourth-order valence-electron chi connectivity index (χ4n) is 1.65. The van der Waals surface area contributed by atoms with Gasteiger partial charge in [0.15, 0.2) is 0 Å². The molecule has 0 aliphatic carbocycles. The molecule has 0 fully saturated rings. The zero-order chi connectivity index (χ0) is 17.6. The Labute approximate surface area is 130 Å². The largest absolute Gasteiger partial charge is 0.464 e. The lowest BCUT2D eigenvalue weighted by molar-refractivity contribution is -0.149. The molecule has 0 saturated carbocycles. The SMILES string of the molecule is CCOC(=O)[C@H](NC(C)=O)C(=O)Nc1cccc(C(F)(F)F)c1. The normalized spacial score (nSPS) is 12.2. The van der Waals surface area contributed by atoms with E-state index in [4.69, 9.17) is 0 Å². The van der Waals surface area contributed by atoms with Gasteiger partial charge in [-0.05, 0) is 25.1 Å². The second-order valence-electron chi connectivity index (χ2n) is 4.45. The fraction of sp³-hybridized carbons (Fsp3) is 0.357. The van der Waals surface area contributed by atoms with Gasteiger partial charge in [0.2, 0.25) is 11.9 Å². The fourth-order valence-corrected chi connectivity index (χ4v) is 1.65. The first-order chi connectivity index (χ1) is 10.6. The van der Waals surface area contributed by atoms with Gasteiger partial charge in [0, 0.05) is 12.6 Å². The van der Waals surface area contributed by atoms with Crippen LogP contribution in [-0.2, 0) is 25.3 Å². The molecule has 0 aromatic heterocycles. The van der Waals surface area contributed by atoms with Crippen molar-refractivity contribution in [3.05, 3.63) is 29.8 Å². The van der Waals surface area contributed by atoms with E-state index >= 15 is 0 Å². The van der Waals surface area contributed by atoms with Crippen LogP contribution in [0.2, 0.25) is 0 Å². The van der Waals surface area contributed by atoms with Crippen LogP contribution < -0.4 is 10.6 Å². The molecule has 2 N–H and O–H groups in total. The van der Waals surface area contributed by atoms with Gasteiger partial charge in [-0.2, -0.15) is 13.2 Å². The summed E-state index contributed by atoms with van der Waals surface area (Å²) in [4.78, 5) is 34.7. The summed E-state index contributed by atoms with van der Waals surface area (Å²) in [5.74, 6) is -2.67. The van der Waals surface area contributed by atoms with E-state index in [1.54, 1.807) is 0 Å². The molecular formula is C14H15F3N2O4. The molecule has 0 unspecified atom stereocenters. The van der Waals surface area contributed by atoms with E-state index in [0.717, 1.165) is 19.1 Å². The summed E-state index contributed by atoms with van der Waals surface area (Å²) in [5.41, 5.74) is -1.12. The van der Waals surface area contributed by atoms with E-state index < -0.39 is 35.6 Å². The van der Waals surface area contributed by atoms with E-state index in [1.807, 2.05) is 0 Å². The molecule has 1 rings (SSSR count). The van der Waals surface area contributed by atoms with Gasteiger partial charge in [0.05, 0.1) is 12.2 Å². The lowest BCUT2D eigenvalue weighted by Crippen LogP contribution is -2.49. The van der Waals surface area contributed by atoms with E-state index in [2.05, 4.69) is 15.4 Å². The highest BCUT2D eigenvalue weighted by Crippen LogP contribution is 2.30. The minimum Gasteiger partial charge on any atom is -0.464 e. The molecule has 1 atom stereocenters. The lowest BCUT2D eigenvalue weighted by Gasteiger charge is -2.16. The van der Waals surface area contributed by atoms with Gasteiger partial charge in [-0.3, -0.25) is 9.59 Å². The molecule has 0 saturated heterocycles. The third kappa shape index (κ3) is 5.61. The maximum atomic E-state index is 12.6. The van der Waals surface area contributed by atoms with E-state index in [-0.39, 0.29) is 12.3 Å². The first kappa shape index (κ1) is 18.5. The highest BCUT2D eigenvalue weighted by Gasteiger charge is 2.32. The lowest BCUT2D eigenvalue weighted by atomic mass is 10.2. The highest BCUT2D eigenvalue weighted by atomic mass is 19.4. The number of esters is 1. The smallest absolute Gasteiger partial charge is 0.416 e. The number of carbonyl (C=O) groups excluding carboxylic acids is 3. The maximum Gasteiger partial charge on any atom is 0.416 e. The Hall–Kier alpha value is -2.58. The minimum atomic E-state index is -4.57. The molecule has 23 heavy (non-hydrogen) atoms. The molecule has 1 aromatic carbocycles. The van der Waals surface area contributed by atoms with Crippen LogP contribution in [0.4, 0.5) is 18.9 Å². The molecule has 0 bridgehead atoms. The summed E-state index contributed by atoms with van der Waals surface area (Å²) < 4.78 is 42.5. The number of halogens is 3. The van der Waals surface area contributed by atoms with Gasteiger partial charge in [-0.1, -0.05) is 6.07 Å². The van der Waals surface area contributed by atoms with Crippen molar-refractivity contribution in [3.8, 4) is 0 Å². The number of amides is 2. The molecule has 0 aliphatic rings. The Kier molecular flexibility index (Phi) is 6.11. The third-order valence-electron chi connectivity index (χ3n) is 2.59. The standard InChI is InChI=1S/C14H15F3N2O4/c1-3-23-13(22)11(18-8(2)20)12(21)19-10-6-4-5-9(7-10)14(15,16)17/h4-7,11H,3H2,1-2H3,(H,18,20)(H,19,21)/t11-/m1/s1. The molecule has 2 amide bonds. The third-order valence-corrected chi connectivity index (χ3v) is 2.59. The Bertz CT molecular complexity index is 602. The van der Waals surface area contributed by atoms with Gasteiger partial charge < -0.3 is 15.4 Å². The molecule has 126 valence electrons. The van der Waals surface area contributed by atoms with Gasteiger partial charge in [0.1, 0.15) is 0 Å². The van der Waals surface area contributed by atoms with Crippen molar-refractivity contribution >= 4 is 23.5 Å². The second kappa shape index (κ2) is 7.61. The number of hydrogen-bond acceptors (Lipinski definition) is 4. The molecule has 0 aliphatic heterocycles. The van der Waals surface area contributed by atoms with Crippen LogP contribution in [0.1, 0.15) is 19.4 Å². The zero-order valence-corrected chi connectivity index (χ0v) is 12.4. The number of ether oxygens (including phenoxy) is 1. The van der Waals surface area contributed by atoms with Gasteiger partial charge in [-0.25, -0.2) is 4.79 Å². The summed E-state index contributed by atoms with van der Waals surface area (Å²) >= 11 is 0. The average Bonchev–Trinajstić information content (AvgIpc) is 2.44. The topological polar surface area (TPSA) is 84.5 Å². The van der Waals surface area contributed by atoms with Crippen molar-refractivity contribution < 1.29 is 32.3 Å². The Morgan fingerprint density at radius 1 is 1.26 bits per heavy atom. The summed E-state index contributed by atoms with van der Waals surface area (Å²) in [6.07, 6.45) is -4.57. The Balaban J connectivity index is 2.94. The van der Waals surface area contributed by atoms with E-state index in [0.29, 0.717) is 6.07 Å². The zero-order valence-electron chi connectivity index (χ0n) is 12.4. The summed E-state index contributed by atoms with van der Waals surface area (Å²) in [5, 5.41) is 4.23. The van der Waals surface area contributed by atoms with Gasteiger partial charge in [0.25, 0.3) is 5.91 Å². The number of carbonyl (C=O) groups is 3. The van der Waals surface area contributed by atoms with E-state index in [1.165, 1.54) is 13.0 Å². The molecular weight excluding hydrogens is 317 g/mol. The van der Waals surface area contributed by atoms with Gasteiger partial charge in [-0.15, -0.1) is 0 Å². The van der Waals surface area contributed by atoms with E-state index in [9.17, 15) is 27.6 Å². The first-order valence-corrected chi connectivity index (χ1v) is 6.57. The van der Waals surface area contributed by atoms with Crippen molar-refractivity contribution in [1.29, 1.82) is 0 Å². The maximum absolute atomic E-state index is 12.6. The van der Waals surface area contributed by atoms with Crippen molar-refractivity contribution in [2.24, 2.45) is 0 Å². The molecule has 1 aromatic rings. The summed E-state index contributed by atoms with van der Waals surface area (Å²) in [6, 6.07) is 2.24. The number of nitrogens with one attached hydrogen (secondary N) is 2. The van der Waals surface area contributed by atoms with Crippen LogP contribution >= 0.6 is 0 Å². The first-order valence-electron chi connectivity index (χ1n) is 6.57. The number of hydrogen-bond donors (Lipinski definition) is 2. The Morgan fingerprint density at radius 3 is 2.43 bits per heavy atom. The predicted molar refractivity (Wildman–Crippen MR) is 74.3 cm³/mol. The van der Waals surface area contributed by atoms with Crippen LogP contribution in [0.3, 0.4) is 0 Å². The number of rotatable bonds is 5. The summed E-state index contributed by atoms with van der Waals surface area (Å²) in [6.45, 7) is 2.57. The van der Waals surface area contributed by atoms with Crippen LogP contribution in [0.25, 0.3) is 0 Å². The quantitative estimate of drug-likeness (QED) is 0.635. The molecule has 0 heterocycles. The number of anilines is 1. The average molecular weight is 332 g/mol. The Morgan fingerprint density at radius 2 is 1.91 bits per heavy atom. The van der Waals surface area contributed by atoms with Gasteiger partial charge >= 0.3 is 12.1 Å². The van der Waals surface area contributed by atoms with Crippen molar-refractivity contribution in [2.75, 3.05) is 11.9 Å². The number of alkyl halides is 3. The van der Waals surface area contributed by atoms with Crippen LogP contribution in [-0.4, -0.2) is 30.4 Å². The predicted octanol–water partition coefficient (Wildman–Crippen LogP) is 1.71.